The van der Waals surface area contributed by atoms with Gasteiger partial charge in [-0.05, 0) is 30.7 Å². The number of nitrogens with one attached hydrogen (secondary N) is 1. The minimum absolute atomic E-state index is 0.0326. The maximum Gasteiger partial charge on any atom is 0.228 e. The minimum atomic E-state index is -0.166. The van der Waals surface area contributed by atoms with Gasteiger partial charge >= 0.3 is 0 Å². The van der Waals surface area contributed by atoms with E-state index in [4.69, 9.17) is 5.73 Å². The number of amides is 1. The van der Waals surface area contributed by atoms with Crippen molar-refractivity contribution in [3.63, 3.8) is 0 Å². The van der Waals surface area contributed by atoms with Gasteiger partial charge in [-0.2, -0.15) is 0 Å². The highest BCUT2D eigenvalue weighted by atomic mass is 16.1. The molecular formula is C15H21N3O. The van der Waals surface area contributed by atoms with E-state index in [1.54, 1.807) is 0 Å². The van der Waals surface area contributed by atoms with Crippen molar-refractivity contribution in [3.8, 4) is 0 Å². The zero-order chi connectivity index (χ0) is 13.8. The van der Waals surface area contributed by atoms with E-state index in [9.17, 15) is 4.79 Å². The van der Waals surface area contributed by atoms with Crippen LogP contribution in [0.5, 0.6) is 0 Å². The molecule has 0 saturated carbocycles. The van der Waals surface area contributed by atoms with Gasteiger partial charge in [-0.25, -0.2) is 0 Å². The van der Waals surface area contributed by atoms with Crippen LogP contribution >= 0.6 is 0 Å². The van der Waals surface area contributed by atoms with Crippen LogP contribution in [0.3, 0.4) is 0 Å². The van der Waals surface area contributed by atoms with Gasteiger partial charge in [0.2, 0.25) is 5.91 Å². The summed E-state index contributed by atoms with van der Waals surface area (Å²) in [6.07, 6.45) is 3.19. The number of hydrogen-bond donors (Lipinski definition) is 2. The molecule has 0 aliphatic carbocycles. The van der Waals surface area contributed by atoms with Gasteiger partial charge in [-0.3, -0.25) is 4.79 Å². The average Bonchev–Trinajstić information content (AvgIpc) is 2.81. The number of carbonyl (C=O) groups excluding carboxylic acids is 1. The highest BCUT2D eigenvalue weighted by Gasteiger charge is 2.11. The predicted molar refractivity (Wildman–Crippen MR) is 79.1 cm³/mol. The SMILES string of the molecule is CCCn1ccc2cc(NC(=O)C(C)CN)ccc21. The number of rotatable bonds is 5. The summed E-state index contributed by atoms with van der Waals surface area (Å²) in [5.74, 6) is -0.199. The molecular weight excluding hydrogens is 238 g/mol. The second-order valence-electron chi connectivity index (χ2n) is 4.91. The number of carbonyl (C=O) groups is 1. The van der Waals surface area contributed by atoms with E-state index < -0.39 is 0 Å². The Morgan fingerprint density at radius 1 is 1.42 bits per heavy atom. The van der Waals surface area contributed by atoms with E-state index in [1.807, 2.05) is 25.1 Å². The lowest BCUT2D eigenvalue weighted by Gasteiger charge is -2.10. The summed E-state index contributed by atoms with van der Waals surface area (Å²) in [6, 6.07) is 8.07. The van der Waals surface area contributed by atoms with Crippen molar-refractivity contribution >= 4 is 22.5 Å². The van der Waals surface area contributed by atoms with Crippen molar-refractivity contribution < 1.29 is 4.79 Å². The second-order valence-corrected chi connectivity index (χ2v) is 4.91. The number of hydrogen-bond acceptors (Lipinski definition) is 2. The van der Waals surface area contributed by atoms with Gasteiger partial charge in [0.25, 0.3) is 0 Å². The summed E-state index contributed by atoms with van der Waals surface area (Å²) in [5.41, 5.74) is 7.52. The summed E-state index contributed by atoms with van der Waals surface area (Å²) in [7, 11) is 0. The Kier molecular flexibility index (Phi) is 4.22. The first-order chi connectivity index (χ1) is 9.15. The van der Waals surface area contributed by atoms with Gasteiger partial charge in [0.15, 0.2) is 0 Å². The van der Waals surface area contributed by atoms with Gasteiger partial charge < -0.3 is 15.6 Å². The monoisotopic (exact) mass is 259 g/mol. The van der Waals surface area contributed by atoms with Crippen molar-refractivity contribution in [3.05, 3.63) is 30.5 Å². The van der Waals surface area contributed by atoms with E-state index in [-0.39, 0.29) is 11.8 Å². The van der Waals surface area contributed by atoms with Crippen LogP contribution in [0.15, 0.2) is 30.5 Å². The molecule has 0 aliphatic rings. The van der Waals surface area contributed by atoms with Gasteiger partial charge in [-0.1, -0.05) is 13.8 Å². The zero-order valence-electron chi connectivity index (χ0n) is 11.5. The Hall–Kier alpha value is -1.81. The Labute approximate surface area is 113 Å². The zero-order valence-corrected chi connectivity index (χ0v) is 11.5. The largest absolute Gasteiger partial charge is 0.347 e. The molecule has 2 rings (SSSR count). The Morgan fingerprint density at radius 3 is 2.89 bits per heavy atom. The molecule has 1 aromatic heterocycles. The third kappa shape index (κ3) is 2.96. The summed E-state index contributed by atoms with van der Waals surface area (Å²) >= 11 is 0. The molecule has 3 N–H and O–H groups in total. The lowest BCUT2D eigenvalue weighted by molar-refractivity contribution is -0.119. The molecule has 1 aromatic carbocycles. The molecule has 0 spiro atoms. The summed E-state index contributed by atoms with van der Waals surface area (Å²) in [6.45, 7) is 5.36. The molecule has 19 heavy (non-hydrogen) atoms. The van der Waals surface area contributed by atoms with Gasteiger partial charge in [0.1, 0.15) is 0 Å². The topological polar surface area (TPSA) is 60.0 Å². The maximum atomic E-state index is 11.8. The third-order valence-corrected chi connectivity index (χ3v) is 3.30. The molecule has 1 amide bonds. The van der Waals surface area contributed by atoms with Gasteiger partial charge in [-0.15, -0.1) is 0 Å². The molecule has 1 unspecified atom stereocenters. The maximum absolute atomic E-state index is 11.8. The van der Waals surface area contributed by atoms with Crippen molar-refractivity contribution in [2.24, 2.45) is 11.7 Å². The predicted octanol–water partition coefficient (Wildman–Crippen LogP) is 2.58. The standard InChI is InChI=1S/C15H21N3O/c1-3-7-18-8-6-12-9-13(4-5-14(12)18)17-15(19)11(2)10-16/h4-6,8-9,11H,3,7,10,16H2,1-2H3,(H,17,19). The molecule has 1 atom stereocenters. The number of anilines is 1. The molecule has 0 fully saturated rings. The fourth-order valence-corrected chi connectivity index (χ4v) is 2.09. The quantitative estimate of drug-likeness (QED) is 0.867. The first kappa shape index (κ1) is 13.6. The van der Waals surface area contributed by atoms with Crippen LogP contribution < -0.4 is 11.1 Å². The van der Waals surface area contributed by atoms with Crippen LogP contribution in [0.25, 0.3) is 10.9 Å². The molecule has 4 nitrogen and oxygen atoms in total. The summed E-state index contributed by atoms with van der Waals surface area (Å²) in [5, 5.41) is 4.04. The molecule has 0 bridgehead atoms. The summed E-state index contributed by atoms with van der Waals surface area (Å²) in [4.78, 5) is 11.8. The second kappa shape index (κ2) is 5.89. The lowest BCUT2D eigenvalue weighted by Crippen LogP contribution is -2.26. The highest BCUT2D eigenvalue weighted by molar-refractivity contribution is 5.95. The Bertz CT molecular complexity index is 574. The molecule has 4 heteroatoms. The molecule has 0 aliphatic heterocycles. The normalized spacial score (nSPS) is 12.6. The number of aromatic nitrogens is 1. The van der Waals surface area contributed by atoms with E-state index in [2.05, 4.69) is 29.1 Å². The smallest absolute Gasteiger partial charge is 0.228 e. The number of nitrogens with two attached hydrogens (primary N) is 1. The third-order valence-electron chi connectivity index (χ3n) is 3.30. The van der Waals surface area contributed by atoms with Crippen molar-refractivity contribution in [2.45, 2.75) is 26.8 Å². The molecule has 2 aromatic rings. The number of benzene rings is 1. The molecule has 1 heterocycles. The Balaban J connectivity index is 2.20. The van der Waals surface area contributed by atoms with Crippen molar-refractivity contribution in [1.82, 2.24) is 4.57 Å². The molecule has 0 radical (unpaired) electrons. The molecule has 0 saturated heterocycles. The Morgan fingerprint density at radius 2 is 2.21 bits per heavy atom. The minimum Gasteiger partial charge on any atom is -0.347 e. The fraction of sp³-hybridized carbons (Fsp3) is 0.400. The number of nitrogens with zero attached hydrogens (tertiary/aromatic N) is 1. The lowest BCUT2D eigenvalue weighted by atomic mass is 10.1. The summed E-state index contributed by atoms with van der Waals surface area (Å²) < 4.78 is 2.23. The van der Waals surface area contributed by atoms with Crippen LogP contribution in [-0.4, -0.2) is 17.0 Å². The van der Waals surface area contributed by atoms with Crippen LogP contribution in [0, 0.1) is 5.92 Å². The molecule has 102 valence electrons. The van der Waals surface area contributed by atoms with Gasteiger partial charge in [0.05, 0.1) is 0 Å². The number of aryl methyl sites for hydroxylation is 1. The van der Waals surface area contributed by atoms with Crippen LogP contribution in [0.1, 0.15) is 20.3 Å². The van der Waals surface area contributed by atoms with E-state index in [0.29, 0.717) is 6.54 Å². The average molecular weight is 259 g/mol. The number of fused-ring (bicyclic) bond motifs is 1. The van der Waals surface area contributed by atoms with Crippen LogP contribution in [0.4, 0.5) is 5.69 Å². The first-order valence-electron chi connectivity index (χ1n) is 6.75. The van der Waals surface area contributed by atoms with Gasteiger partial charge in [0, 0.05) is 41.8 Å². The van der Waals surface area contributed by atoms with E-state index in [0.717, 1.165) is 24.0 Å². The highest BCUT2D eigenvalue weighted by Crippen LogP contribution is 2.21. The first-order valence-corrected chi connectivity index (χ1v) is 6.75. The van der Waals surface area contributed by atoms with Crippen LogP contribution in [-0.2, 0) is 11.3 Å². The van der Waals surface area contributed by atoms with E-state index in [1.165, 1.54) is 5.52 Å². The van der Waals surface area contributed by atoms with Crippen molar-refractivity contribution in [2.75, 3.05) is 11.9 Å². The van der Waals surface area contributed by atoms with Crippen LogP contribution in [0.2, 0.25) is 0 Å². The van der Waals surface area contributed by atoms with Crippen molar-refractivity contribution in [1.29, 1.82) is 0 Å². The van der Waals surface area contributed by atoms with E-state index >= 15 is 0 Å². The fourth-order valence-electron chi connectivity index (χ4n) is 2.09.